The number of rotatable bonds is 3. The Balaban J connectivity index is 1.46. The number of carbonyl (C=O) groups excluding carboxylic acids is 2. The summed E-state index contributed by atoms with van der Waals surface area (Å²) in [6, 6.07) is 11.4. The van der Waals surface area contributed by atoms with E-state index in [9.17, 15) is 14.7 Å². The molecule has 1 atom stereocenters. The lowest BCUT2D eigenvalue weighted by atomic mass is 10.2. The van der Waals surface area contributed by atoms with Crippen LogP contribution in [0.25, 0.3) is 21.1 Å². The second kappa shape index (κ2) is 7.92. The molecule has 1 fully saturated rings. The highest BCUT2D eigenvalue weighted by Crippen LogP contribution is 2.34. The molecule has 1 saturated heterocycles. The van der Waals surface area contributed by atoms with Gasteiger partial charge in [0, 0.05) is 43.1 Å². The maximum Gasteiger partial charge on any atom is 0.325 e. The molecule has 0 radical (unpaired) electrons. The summed E-state index contributed by atoms with van der Waals surface area (Å²) in [5.41, 5.74) is 4.19. The summed E-state index contributed by atoms with van der Waals surface area (Å²) < 4.78 is 2.55. The van der Waals surface area contributed by atoms with E-state index < -0.39 is 6.10 Å². The maximum atomic E-state index is 12.8. The van der Waals surface area contributed by atoms with E-state index in [-0.39, 0.29) is 11.9 Å². The minimum absolute atomic E-state index is 0.0667. The van der Waals surface area contributed by atoms with Gasteiger partial charge in [-0.3, -0.25) is 14.3 Å². The van der Waals surface area contributed by atoms with Crippen LogP contribution in [0.5, 0.6) is 0 Å². The van der Waals surface area contributed by atoms with Crippen molar-refractivity contribution < 1.29 is 14.7 Å². The van der Waals surface area contributed by atoms with E-state index in [1.807, 2.05) is 43.3 Å². The van der Waals surface area contributed by atoms with Crippen molar-refractivity contribution in [2.45, 2.75) is 19.4 Å². The van der Waals surface area contributed by atoms with Crippen molar-refractivity contribution >= 4 is 55.8 Å². The van der Waals surface area contributed by atoms with Gasteiger partial charge in [-0.15, -0.1) is 11.3 Å². The summed E-state index contributed by atoms with van der Waals surface area (Å²) in [5.74, 6) is -0.0667. The molecular weight excluding hydrogens is 426 g/mol. The van der Waals surface area contributed by atoms with Crippen molar-refractivity contribution in [1.82, 2.24) is 19.8 Å². The number of aliphatic hydroxyl groups is 1. The standard InChI is InChI=1S/C23H23N5O3S/c1-13-9-14-10-15(3-4-19(14)28(13)23(31)24-2)26-17-5-7-25-18-11-20(32-21(17)18)22(30)27-8-6-16(29)12-27/h3-5,7,9-11,16,29H,6,8,12H2,1-2H3,(H,24,31)(H,25,26). The molecular formula is C23H23N5O3S. The summed E-state index contributed by atoms with van der Waals surface area (Å²) in [7, 11) is 1.62. The Labute approximate surface area is 188 Å². The molecule has 4 aromatic rings. The molecule has 164 valence electrons. The molecule has 3 N–H and O–H groups in total. The van der Waals surface area contributed by atoms with Gasteiger partial charge < -0.3 is 20.6 Å². The smallest absolute Gasteiger partial charge is 0.325 e. The Morgan fingerprint density at radius 2 is 2.06 bits per heavy atom. The number of anilines is 2. The first-order chi connectivity index (χ1) is 15.4. The van der Waals surface area contributed by atoms with Crippen molar-refractivity contribution in [2.75, 3.05) is 25.5 Å². The van der Waals surface area contributed by atoms with Gasteiger partial charge in [0.1, 0.15) is 0 Å². The molecule has 9 heteroatoms. The number of benzene rings is 1. The van der Waals surface area contributed by atoms with Crippen LogP contribution < -0.4 is 10.6 Å². The minimum Gasteiger partial charge on any atom is -0.391 e. The van der Waals surface area contributed by atoms with Crippen LogP contribution in [-0.2, 0) is 0 Å². The highest BCUT2D eigenvalue weighted by atomic mass is 32.1. The molecule has 1 unspecified atom stereocenters. The molecule has 3 aromatic heterocycles. The number of hydrogen-bond acceptors (Lipinski definition) is 6. The second-order valence-corrected chi connectivity index (χ2v) is 9.00. The largest absolute Gasteiger partial charge is 0.391 e. The number of aliphatic hydroxyl groups excluding tert-OH is 1. The number of aryl methyl sites for hydroxylation is 1. The topological polar surface area (TPSA) is 99.5 Å². The van der Waals surface area contributed by atoms with Crippen LogP contribution >= 0.6 is 11.3 Å². The summed E-state index contributed by atoms with van der Waals surface area (Å²) in [6.45, 7) is 2.85. The first-order valence-corrected chi connectivity index (χ1v) is 11.2. The van der Waals surface area contributed by atoms with Gasteiger partial charge in [0.25, 0.3) is 5.91 Å². The Hall–Kier alpha value is -3.43. The number of nitrogens with zero attached hydrogens (tertiary/aromatic N) is 3. The van der Waals surface area contributed by atoms with Crippen molar-refractivity contribution in [3.05, 3.63) is 53.2 Å². The van der Waals surface area contributed by atoms with Crippen molar-refractivity contribution in [1.29, 1.82) is 0 Å². The molecule has 0 saturated carbocycles. The van der Waals surface area contributed by atoms with Crippen molar-refractivity contribution in [3.8, 4) is 0 Å². The van der Waals surface area contributed by atoms with E-state index >= 15 is 0 Å². The Kier molecular flexibility index (Phi) is 5.07. The first-order valence-electron chi connectivity index (χ1n) is 10.4. The Bertz CT molecular complexity index is 1360. The Morgan fingerprint density at radius 3 is 2.81 bits per heavy atom. The summed E-state index contributed by atoms with van der Waals surface area (Å²) in [4.78, 5) is 31.8. The van der Waals surface area contributed by atoms with E-state index in [1.165, 1.54) is 11.3 Å². The van der Waals surface area contributed by atoms with E-state index in [4.69, 9.17) is 0 Å². The SMILES string of the molecule is CNC(=O)n1c(C)cc2cc(Nc3ccnc4cc(C(=O)N5CCC(O)C5)sc34)ccc21. The van der Waals surface area contributed by atoms with Crippen molar-refractivity contribution in [2.24, 2.45) is 0 Å². The molecule has 0 spiro atoms. The van der Waals surface area contributed by atoms with Gasteiger partial charge in [-0.25, -0.2) is 4.79 Å². The zero-order valence-corrected chi connectivity index (χ0v) is 18.6. The molecule has 8 nitrogen and oxygen atoms in total. The molecule has 1 aliphatic heterocycles. The predicted octanol–water partition coefficient (Wildman–Crippen LogP) is 3.70. The summed E-state index contributed by atoms with van der Waals surface area (Å²) in [6.07, 6.45) is 1.89. The summed E-state index contributed by atoms with van der Waals surface area (Å²) >= 11 is 1.40. The fourth-order valence-corrected chi connectivity index (χ4v) is 5.24. The van der Waals surface area contributed by atoms with Gasteiger partial charge in [-0.2, -0.15) is 0 Å². The average Bonchev–Trinajstić information content (AvgIpc) is 3.49. The van der Waals surface area contributed by atoms with Crippen molar-refractivity contribution in [3.63, 3.8) is 0 Å². The number of aromatic nitrogens is 2. The van der Waals surface area contributed by atoms with Crippen LogP contribution in [0.15, 0.2) is 42.6 Å². The normalized spacial score (nSPS) is 16.1. The third-order valence-electron chi connectivity index (χ3n) is 5.75. The molecule has 2 amide bonds. The zero-order chi connectivity index (χ0) is 22.4. The molecule has 4 heterocycles. The molecule has 0 bridgehead atoms. The highest BCUT2D eigenvalue weighted by Gasteiger charge is 2.27. The van der Waals surface area contributed by atoms with Crippen LogP contribution in [0, 0.1) is 6.92 Å². The first kappa shape index (κ1) is 20.5. The lowest BCUT2D eigenvalue weighted by Gasteiger charge is -2.13. The van der Waals surface area contributed by atoms with E-state index in [0.717, 1.165) is 38.2 Å². The highest BCUT2D eigenvalue weighted by molar-refractivity contribution is 7.21. The number of fused-ring (bicyclic) bond motifs is 2. The number of β-amino-alcohol motifs (C(OH)–C–C–N with tert-alkyl or cyclic N) is 1. The molecule has 32 heavy (non-hydrogen) atoms. The van der Waals surface area contributed by atoms with Gasteiger partial charge in [0.2, 0.25) is 0 Å². The van der Waals surface area contributed by atoms with Crippen LogP contribution in [0.1, 0.15) is 21.8 Å². The second-order valence-electron chi connectivity index (χ2n) is 7.95. The fourth-order valence-electron chi connectivity index (χ4n) is 4.19. The summed E-state index contributed by atoms with van der Waals surface area (Å²) in [5, 5.41) is 16.8. The van der Waals surface area contributed by atoms with Gasteiger partial charge in [-0.1, -0.05) is 0 Å². The quantitative estimate of drug-likeness (QED) is 0.443. The number of pyridine rings is 1. The maximum absolute atomic E-state index is 12.8. The lowest BCUT2D eigenvalue weighted by molar-refractivity contribution is 0.0769. The van der Waals surface area contributed by atoms with Crippen LogP contribution in [0.3, 0.4) is 0 Å². The van der Waals surface area contributed by atoms with E-state index in [2.05, 4.69) is 15.6 Å². The predicted molar refractivity (Wildman–Crippen MR) is 126 cm³/mol. The molecule has 1 aliphatic rings. The van der Waals surface area contributed by atoms with Crippen LogP contribution in [-0.4, -0.2) is 57.7 Å². The third kappa shape index (κ3) is 3.49. The average molecular weight is 450 g/mol. The van der Waals surface area contributed by atoms with Crippen LogP contribution in [0.4, 0.5) is 16.2 Å². The number of amides is 2. The number of thiophene rings is 1. The van der Waals surface area contributed by atoms with Crippen LogP contribution in [0.2, 0.25) is 0 Å². The molecule has 1 aromatic carbocycles. The van der Waals surface area contributed by atoms with Gasteiger partial charge >= 0.3 is 6.03 Å². The number of nitrogens with one attached hydrogen (secondary N) is 2. The zero-order valence-electron chi connectivity index (χ0n) is 17.8. The van der Waals surface area contributed by atoms with E-state index in [1.54, 1.807) is 22.7 Å². The monoisotopic (exact) mass is 449 g/mol. The molecule has 0 aliphatic carbocycles. The van der Waals surface area contributed by atoms with Gasteiger partial charge in [0.15, 0.2) is 0 Å². The number of likely N-dealkylation sites (tertiary alicyclic amines) is 1. The third-order valence-corrected chi connectivity index (χ3v) is 6.90. The van der Waals surface area contributed by atoms with Gasteiger partial charge in [0.05, 0.1) is 32.4 Å². The Morgan fingerprint density at radius 1 is 1.22 bits per heavy atom. The van der Waals surface area contributed by atoms with E-state index in [0.29, 0.717) is 24.4 Å². The van der Waals surface area contributed by atoms with Gasteiger partial charge in [-0.05, 0) is 49.7 Å². The molecule has 5 rings (SSSR count). The fraction of sp³-hybridized carbons (Fsp3) is 0.261. The minimum atomic E-state index is -0.444. The lowest BCUT2D eigenvalue weighted by Crippen LogP contribution is -2.28. The number of carbonyl (C=O) groups is 2. The number of hydrogen-bond donors (Lipinski definition) is 3.